The maximum atomic E-state index is 12.3. The van der Waals surface area contributed by atoms with Crippen molar-refractivity contribution in [2.75, 3.05) is 11.1 Å². The van der Waals surface area contributed by atoms with Gasteiger partial charge in [0.25, 0.3) is 5.89 Å². The summed E-state index contributed by atoms with van der Waals surface area (Å²) in [7, 11) is -3.49. The van der Waals surface area contributed by atoms with Crippen LogP contribution in [0.15, 0.2) is 68.3 Å². The number of sulfone groups is 1. The summed E-state index contributed by atoms with van der Waals surface area (Å²) in [6.45, 7) is 0. The highest BCUT2D eigenvalue weighted by atomic mass is 35.5. The van der Waals surface area contributed by atoms with Crippen LogP contribution in [0, 0.1) is 0 Å². The van der Waals surface area contributed by atoms with Gasteiger partial charge in [-0.25, -0.2) is 8.42 Å². The summed E-state index contributed by atoms with van der Waals surface area (Å²) < 4.78 is 35.6. The molecule has 0 fully saturated rings. The maximum Gasteiger partial charge on any atom is 0.322 e. The van der Waals surface area contributed by atoms with Crippen LogP contribution < -0.4 is 5.32 Å². The third-order valence-corrected chi connectivity index (χ3v) is 6.37. The first-order valence-electron chi connectivity index (χ1n) is 9.01. The van der Waals surface area contributed by atoms with Gasteiger partial charge in [0.15, 0.2) is 15.6 Å². The van der Waals surface area contributed by atoms with Crippen molar-refractivity contribution in [3.8, 4) is 11.7 Å². The molecule has 8 nitrogen and oxygen atoms in total. The molecule has 10 heteroatoms. The number of carbonyl (C=O) groups excluding carboxylic acids is 1. The summed E-state index contributed by atoms with van der Waals surface area (Å²) >= 11 is 5.77. The Morgan fingerprint density at radius 2 is 1.80 bits per heavy atom. The van der Waals surface area contributed by atoms with Gasteiger partial charge < -0.3 is 8.83 Å². The van der Waals surface area contributed by atoms with E-state index in [1.165, 1.54) is 24.3 Å². The molecule has 4 rings (SSSR count). The Kier molecular flexibility index (Phi) is 5.56. The highest BCUT2D eigenvalue weighted by Crippen LogP contribution is 2.27. The number of hydrogen-bond donors (Lipinski definition) is 1. The van der Waals surface area contributed by atoms with Gasteiger partial charge in [0.05, 0.1) is 10.6 Å². The van der Waals surface area contributed by atoms with E-state index in [0.29, 0.717) is 16.4 Å². The molecular formula is C20H16ClN3O5S. The van der Waals surface area contributed by atoms with Crippen LogP contribution in [-0.4, -0.2) is 30.3 Å². The number of benzene rings is 2. The number of nitrogens with zero attached hydrogens (tertiary/aromatic N) is 2. The predicted molar refractivity (Wildman–Crippen MR) is 111 cm³/mol. The van der Waals surface area contributed by atoms with E-state index < -0.39 is 15.7 Å². The fourth-order valence-electron chi connectivity index (χ4n) is 2.82. The summed E-state index contributed by atoms with van der Waals surface area (Å²) in [4.78, 5) is 12.3. The second kappa shape index (κ2) is 8.29. The zero-order valence-corrected chi connectivity index (χ0v) is 17.1. The maximum absolute atomic E-state index is 12.3. The first kappa shape index (κ1) is 20.1. The molecule has 0 radical (unpaired) electrons. The lowest BCUT2D eigenvalue weighted by atomic mass is 10.2. The number of carbonyl (C=O) groups is 1. The van der Waals surface area contributed by atoms with Gasteiger partial charge >= 0.3 is 6.01 Å². The molecule has 0 aliphatic heterocycles. The van der Waals surface area contributed by atoms with E-state index >= 15 is 0 Å². The standard InChI is InChI=1S/C20H16ClN3O5S/c21-14-7-9-15(10-8-14)30(26,27)11-3-6-18(25)22-20-24-23-19(29-20)17-12-13-4-1-2-5-16(13)28-17/h1-2,4-5,7-10,12H,3,6,11H2,(H,22,24,25). The first-order valence-corrected chi connectivity index (χ1v) is 11.0. The van der Waals surface area contributed by atoms with Gasteiger partial charge in [0.1, 0.15) is 5.58 Å². The van der Waals surface area contributed by atoms with Crippen molar-refractivity contribution >= 4 is 44.3 Å². The molecule has 0 saturated heterocycles. The lowest BCUT2D eigenvalue weighted by Gasteiger charge is -2.04. The second-order valence-electron chi connectivity index (χ2n) is 6.49. The van der Waals surface area contributed by atoms with Gasteiger partial charge in [0.2, 0.25) is 5.91 Å². The average Bonchev–Trinajstić information content (AvgIpc) is 3.34. The Morgan fingerprint density at radius 3 is 2.57 bits per heavy atom. The smallest absolute Gasteiger partial charge is 0.322 e. The van der Waals surface area contributed by atoms with Crippen molar-refractivity contribution in [1.82, 2.24) is 10.2 Å². The van der Waals surface area contributed by atoms with Crippen LogP contribution in [0.2, 0.25) is 5.02 Å². The molecule has 1 N–H and O–H groups in total. The fraction of sp³-hybridized carbons (Fsp3) is 0.150. The molecule has 0 bridgehead atoms. The highest BCUT2D eigenvalue weighted by Gasteiger charge is 2.17. The minimum Gasteiger partial charge on any atom is -0.451 e. The number of furan rings is 1. The van der Waals surface area contributed by atoms with Gasteiger partial charge in [-0.2, -0.15) is 0 Å². The minimum atomic E-state index is -3.49. The van der Waals surface area contributed by atoms with Crippen LogP contribution in [-0.2, 0) is 14.6 Å². The average molecular weight is 446 g/mol. The zero-order chi connectivity index (χ0) is 21.1. The Bertz CT molecular complexity index is 1260. The largest absolute Gasteiger partial charge is 0.451 e. The SMILES string of the molecule is O=C(CCCS(=O)(=O)c1ccc(Cl)cc1)Nc1nnc(-c2cc3ccccc3o2)o1. The predicted octanol–water partition coefficient (Wildman–Crippen LogP) is 4.33. The quantitative estimate of drug-likeness (QED) is 0.450. The van der Waals surface area contributed by atoms with Crippen LogP contribution in [0.3, 0.4) is 0 Å². The highest BCUT2D eigenvalue weighted by molar-refractivity contribution is 7.91. The number of aromatic nitrogens is 2. The summed E-state index contributed by atoms with van der Waals surface area (Å²) in [5, 5.41) is 11.5. The Hall–Kier alpha value is -3.17. The van der Waals surface area contributed by atoms with Crippen LogP contribution in [0.25, 0.3) is 22.6 Å². The first-order chi connectivity index (χ1) is 14.4. The number of halogens is 1. The topological polar surface area (TPSA) is 115 Å². The summed E-state index contributed by atoms with van der Waals surface area (Å²) in [5.41, 5.74) is 0.679. The Balaban J connectivity index is 1.33. The van der Waals surface area contributed by atoms with Crippen molar-refractivity contribution in [3.63, 3.8) is 0 Å². The molecule has 0 atom stereocenters. The number of fused-ring (bicyclic) bond motifs is 1. The number of anilines is 1. The van der Waals surface area contributed by atoms with E-state index in [1.807, 2.05) is 24.3 Å². The normalized spacial score (nSPS) is 11.6. The lowest BCUT2D eigenvalue weighted by molar-refractivity contribution is -0.116. The molecule has 2 aromatic heterocycles. The summed E-state index contributed by atoms with van der Waals surface area (Å²) in [5.74, 6) is -0.0815. The minimum absolute atomic E-state index is 0.0187. The number of hydrogen-bond acceptors (Lipinski definition) is 7. The van der Waals surface area contributed by atoms with E-state index in [2.05, 4.69) is 15.5 Å². The van der Waals surface area contributed by atoms with Gasteiger partial charge in [-0.05, 0) is 42.8 Å². The molecule has 0 aliphatic carbocycles. The third kappa shape index (κ3) is 4.52. The van der Waals surface area contributed by atoms with E-state index in [0.717, 1.165) is 5.39 Å². The lowest BCUT2D eigenvalue weighted by Crippen LogP contribution is -2.14. The summed E-state index contributed by atoms with van der Waals surface area (Å²) in [6.07, 6.45) is 0.122. The zero-order valence-electron chi connectivity index (χ0n) is 15.5. The molecule has 0 aliphatic rings. The number of amides is 1. The van der Waals surface area contributed by atoms with E-state index in [9.17, 15) is 13.2 Å². The number of nitrogens with one attached hydrogen (secondary N) is 1. The molecule has 154 valence electrons. The monoisotopic (exact) mass is 445 g/mol. The van der Waals surface area contributed by atoms with Gasteiger partial charge in [-0.1, -0.05) is 34.9 Å². The van der Waals surface area contributed by atoms with Gasteiger partial charge in [0, 0.05) is 16.8 Å². The molecule has 1 amide bonds. The third-order valence-electron chi connectivity index (χ3n) is 4.30. The van der Waals surface area contributed by atoms with Crippen LogP contribution >= 0.6 is 11.6 Å². The molecule has 2 heterocycles. The molecule has 30 heavy (non-hydrogen) atoms. The van der Waals surface area contributed by atoms with E-state index in [1.54, 1.807) is 6.07 Å². The van der Waals surface area contributed by atoms with Gasteiger partial charge in [-0.3, -0.25) is 10.1 Å². The Morgan fingerprint density at radius 1 is 1.03 bits per heavy atom. The van der Waals surface area contributed by atoms with E-state index in [-0.39, 0.29) is 35.4 Å². The molecule has 0 spiro atoms. The van der Waals surface area contributed by atoms with Crippen molar-refractivity contribution in [3.05, 3.63) is 59.6 Å². The molecular weight excluding hydrogens is 430 g/mol. The molecule has 0 unspecified atom stereocenters. The van der Waals surface area contributed by atoms with E-state index in [4.69, 9.17) is 20.4 Å². The fourth-order valence-corrected chi connectivity index (χ4v) is 4.26. The van der Waals surface area contributed by atoms with Crippen LogP contribution in [0.4, 0.5) is 6.01 Å². The number of para-hydroxylation sites is 1. The van der Waals surface area contributed by atoms with Crippen molar-refractivity contribution < 1.29 is 22.0 Å². The molecule has 4 aromatic rings. The van der Waals surface area contributed by atoms with Crippen LogP contribution in [0.5, 0.6) is 0 Å². The van der Waals surface area contributed by atoms with Crippen molar-refractivity contribution in [1.29, 1.82) is 0 Å². The van der Waals surface area contributed by atoms with Crippen molar-refractivity contribution in [2.45, 2.75) is 17.7 Å². The molecule has 2 aromatic carbocycles. The summed E-state index contributed by atoms with van der Waals surface area (Å²) in [6, 6.07) is 15.0. The van der Waals surface area contributed by atoms with Gasteiger partial charge in [-0.15, -0.1) is 5.10 Å². The molecule has 0 saturated carbocycles. The Labute approximate surface area is 176 Å². The van der Waals surface area contributed by atoms with Crippen molar-refractivity contribution in [2.24, 2.45) is 0 Å². The second-order valence-corrected chi connectivity index (χ2v) is 9.03. The number of rotatable bonds is 7. The van der Waals surface area contributed by atoms with Crippen LogP contribution in [0.1, 0.15) is 12.8 Å².